The molecule has 0 aliphatic rings. The zero-order chi connectivity index (χ0) is 16.2. The van der Waals surface area contributed by atoms with Gasteiger partial charge in [-0.25, -0.2) is 0 Å². The monoisotopic (exact) mass is 329 g/mol. The highest BCUT2D eigenvalue weighted by Gasteiger charge is 2.20. The number of pyridine rings is 1. The van der Waals surface area contributed by atoms with E-state index in [4.69, 9.17) is 10.2 Å². The van der Waals surface area contributed by atoms with Crippen molar-refractivity contribution in [2.45, 2.75) is 23.9 Å². The summed E-state index contributed by atoms with van der Waals surface area (Å²) in [6.45, 7) is 2.20. The SMILES string of the molecule is C[C@@H](Sc1nnc(-c2cccnc2)n1Cc1ccco1)C(N)=O. The second-order valence-electron chi connectivity index (χ2n) is 4.88. The van der Waals surface area contributed by atoms with Crippen LogP contribution in [0.25, 0.3) is 11.4 Å². The standard InChI is InChI=1S/C15H15N5O2S/c1-10(13(16)21)23-15-19-18-14(11-4-2-6-17-8-11)20(15)9-12-5-3-7-22-12/h2-8,10H,9H2,1H3,(H2,16,21)/t10-/m1/s1. The molecule has 2 N–H and O–H groups in total. The Morgan fingerprint density at radius 2 is 2.26 bits per heavy atom. The Morgan fingerprint density at radius 3 is 2.91 bits per heavy atom. The number of furan rings is 1. The van der Waals surface area contributed by atoms with Gasteiger partial charge in [0, 0.05) is 18.0 Å². The van der Waals surface area contributed by atoms with Gasteiger partial charge in [0.15, 0.2) is 11.0 Å². The highest BCUT2D eigenvalue weighted by atomic mass is 32.2. The summed E-state index contributed by atoms with van der Waals surface area (Å²) in [7, 11) is 0. The maximum Gasteiger partial charge on any atom is 0.230 e. The van der Waals surface area contributed by atoms with Crippen molar-refractivity contribution in [3.63, 3.8) is 0 Å². The average molecular weight is 329 g/mol. The Balaban J connectivity index is 1.99. The van der Waals surface area contributed by atoms with Crippen LogP contribution >= 0.6 is 11.8 Å². The van der Waals surface area contributed by atoms with E-state index in [9.17, 15) is 4.79 Å². The third-order valence-electron chi connectivity index (χ3n) is 3.21. The normalized spacial score (nSPS) is 12.2. The van der Waals surface area contributed by atoms with E-state index in [2.05, 4.69) is 15.2 Å². The summed E-state index contributed by atoms with van der Waals surface area (Å²) in [6.07, 6.45) is 5.03. The quantitative estimate of drug-likeness (QED) is 0.694. The average Bonchev–Trinajstić information content (AvgIpc) is 3.19. The molecule has 8 heteroatoms. The van der Waals surface area contributed by atoms with E-state index >= 15 is 0 Å². The van der Waals surface area contributed by atoms with Crippen LogP contribution in [0.4, 0.5) is 0 Å². The number of carbonyl (C=O) groups is 1. The Bertz CT molecular complexity index is 786. The van der Waals surface area contributed by atoms with Crippen LogP contribution in [0.3, 0.4) is 0 Å². The number of nitrogens with zero attached hydrogens (tertiary/aromatic N) is 4. The largest absolute Gasteiger partial charge is 0.467 e. The van der Waals surface area contributed by atoms with Gasteiger partial charge in [-0.3, -0.25) is 14.3 Å². The summed E-state index contributed by atoms with van der Waals surface area (Å²) >= 11 is 1.27. The van der Waals surface area contributed by atoms with Crippen molar-refractivity contribution in [3.8, 4) is 11.4 Å². The third-order valence-corrected chi connectivity index (χ3v) is 4.31. The maximum atomic E-state index is 11.3. The third kappa shape index (κ3) is 3.42. The first-order valence-electron chi connectivity index (χ1n) is 6.97. The molecule has 1 atom stereocenters. The van der Waals surface area contributed by atoms with E-state index in [1.807, 2.05) is 28.8 Å². The van der Waals surface area contributed by atoms with E-state index < -0.39 is 11.2 Å². The summed E-state index contributed by atoms with van der Waals surface area (Å²) in [5.74, 6) is 1.03. The number of carbonyl (C=O) groups excluding carboxylic acids is 1. The first-order valence-corrected chi connectivity index (χ1v) is 7.85. The molecule has 0 saturated carbocycles. The van der Waals surface area contributed by atoms with E-state index in [0.717, 1.165) is 11.3 Å². The fourth-order valence-electron chi connectivity index (χ4n) is 2.00. The van der Waals surface area contributed by atoms with Crippen molar-refractivity contribution < 1.29 is 9.21 Å². The summed E-state index contributed by atoms with van der Waals surface area (Å²) in [6, 6.07) is 7.43. The number of hydrogen-bond donors (Lipinski definition) is 1. The molecule has 0 aliphatic carbocycles. The highest BCUT2D eigenvalue weighted by molar-refractivity contribution is 8.00. The predicted octanol–water partition coefficient (Wildman–Crippen LogP) is 1.95. The fourth-order valence-corrected chi connectivity index (χ4v) is 2.80. The van der Waals surface area contributed by atoms with Crippen molar-refractivity contribution >= 4 is 17.7 Å². The molecule has 3 rings (SSSR count). The van der Waals surface area contributed by atoms with Crippen molar-refractivity contribution in [1.82, 2.24) is 19.7 Å². The van der Waals surface area contributed by atoms with Gasteiger partial charge < -0.3 is 10.2 Å². The summed E-state index contributed by atoms with van der Waals surface area (Å²) in [5, 5.41) is 8.63. The Hall–Kier alpha value is -2.61. The van der Waals surface area contributed by atoms with Crippen LogP contribution in [0.5, 0.6) is 0 Å². The molecule has 1 amide bonds. The molecule has 3 aromatic heterocycles. The van der Waals surface area contributed by atoms with Crippen molar-refractivity contribution in [2.75, 3.05) is 0 Å². The van der Waals surface area contributed by atoms with Gasteiger partial charge in [-0.1, -0.05) is 11.8 Å². The molecule has 0 bridgehead atoms. The van der Waals surface area contributed by atoms with Gasteiger partial charge in [0.1, 0.15) is 5.76 Å². The lowest BCUT2D eigenvalue weighted by molar-refractivity contribution is -0.117. The van der Waals surface area contributed by atoms with E-state index in [1.54, 1.807) is 25.6 Å². The van der Waals surface area contributed by atoms with Crippen LogP contribution in [-0.2, 0) is 11.3 Å². The number of rotatable bonds is 6. The molecular formula is C15H15N5O2S. The van der Waals surface area contributed by atoms with Gasteiger partial charge in [0.25, 0.3) is 0 Å². The first-order chi connectivity index (χ1) is 11.1. The van der Waals surface area contributed by atoms with Crippen LogP contribution in [0.2, 0.25) is 0 Å². The van der Waals surface area contributed by atoms with Crippen LogP contribution in [0.15, 0.2) is 52.5 Å². The van der Waals surface area contributed by atoms with E-state index in [-0.39, 0.29) is 0 Å². The van der Waals surface area contributed by atoms with Gasteiger partial charge >= 0.3 is 0 Å². The number of nitrogens with two attached hydrogens (primary N) is 1. The molecule has 0 radical (unpaired) electrons. The lowest BCUT2D eigenvalue weighted by Crippen LogP contribution is -2.23. The van der Waals surface area contributed by atoms with Crippen LogP contribution in [0, 0.1) is 0 Å². The first kappa shape index (κ1) is 15.3. The zero-order valence-electron chi connectivity index (χ0n) is 12.4. The molecule has 7 nitrogen and oxygen atoms in total. The minimum atomic E-state index is -0.406. The molecule has 0 spiro atoms. The summed E-state index contributed by atoms with van der Waals surface area (Å²) in [4.78, 5) is 15.4. The highest BCUT2D eigenvalue weighted by Crippen LogP contribution is 2.27. The Kier molecular flexibility index (Phi) is 4.42. The molecule has 0 aliphatic heterocycles. The molecule has 3 aromatic rings. The van der Waals surface area contributed by atoms with Crippen LogP contribution in [0.1, 0.15) is 12.7 Å². The number of amides is 1. The molecule has 0 fully saturated rings. The lowest BCUT2D eigenvalue weighted by atomic mass is 10.2. The molecule has 0 unspecified atom stereocenters. The molecular weight excluding hydrogens is 314 g/mol. The summed E-state index contributed by atoms with van der Waals surface area (Å²) in [5.41, 5.74) is 6.18. The smallest absolute Gasteiger partial charge is 0.230 e. The van der Waals surface area contributed by atoms with Crippen molar-refractivity contribution in [1.29, 1.82) is 0 Å². The van der Waals surface area contributed by atoms with E-state index in [1.165, 1.54) is 11.8 Å². The van der Waals surface area contributed by atoms with E-state index in [0.29, 0.717) is 17.5 Å². The number of thioether (sulfide) groups is 1. The number of hydrogen-bond acceptors (Lipinski definition) is 6. The number of primary amides is 1. The zero-order valence-corrected chi connectivity index (χ0v) is 13.2. The van der Waals surface area contributed by atoms with Gasteiger partial charge in [-0.2, -0.15) is 0 Å². The maximum absolute atomic E-state index is 11.3. The van der Waals surface area contributed by atoms with Gasteiger partial charge in [-0.05, 0) is 31.2 Å². The topological polar surface area (TPSA) is 99.8 Å². The minimum Gasteiger partial charge on any atom is -0.467 e. The molecule has 3 heterocycles. The van der Waals surface area contributed by atoms with Crippen LogP contribution < -0.4 is 5.73 Å². The number of aromatic nitrogens is 4. The molecule has 118 valence electrons. The predicted molar refractivity (Wildman–Crippen MR) is 85.6 cm³/mol. The fraction of sp³-hybridized carbons (Fsp3) is 0.200. The Morgan fingerprint density at radius 1 is 1.39 bits per heavy atom. The minimum absolute atomic E-state index is 0.398. The Labute approximate surface area is 136 Å². The van der Waals surface area contributed by atoms with Gasteiger partial charge in [0.2, 0.25) is 5.91 Å². The van der Waals surface area contributed by atoms with Gasteiger partial charge in [-0.15, -0.1) is 10.2 Å². The van der Waals surface area contributed by atoms with Crippen molar-refractivity contribution in [2.24, 2.45) is 5.73 Å². The van der Waals surface area contributed by atoms with Crippen LogP contribution in [-0.4, -0.2) is 30.9 Å². The second-order valence-corrected chi connectivity index (χ2v) is 6.18. The molecule has 23 heavy (non-hydrogen) atoms. The second kappa shape index (κ2) is 6.66. The molecule has 0 saturated heterocycles. The molecule has 0 aromatic carbocycles. The van der Waals surface area contributed by atoms with Crippen molar-refractivity contribution in [3.05, 3.63) is 48.7 Å². The lowest BCUT2D eigenvalue weighted by Gasteiger charge is -2.10. The summed E-state index contributed by atoms with van der Waals surface area (Å²) < 4.78 is 7.30. The van der Waals surface area contributed by atoms with Gasteiger partial charge in [0.05, 0.1) is 18.1 Å².